The van der Waals surface area contributed by atoms with Crippen LogP contribution in [0.5, 0.6) is 5.75 Å². The molecule has 1 amide bonds. The van der Waals surface area contributed by atoms with E-state index in [1.54, 1.807) is 12.3 Å². The minimum Gasteiger partial charge on any atom is -0.483 e. The third-order valence-electron chi connectivity index (χ3n) is 2.99. The number of hydrazone groups is 1. The first-order valence-corrected chi connectivity index (χ1v) is 6.59. The van der Waals surface area contributed by atoms with E-state index in [0.29, 0.717) is 11.4 Å². The van der Waals surface area contributed by atoms with Crippen LogP contribution in [0.1, 0.15) is 16.8 Å². The molecule has 108 valence electrons. The number of carbonyl (C=O) groups is 1. The van der Waals surface area contributed by atoms with Crippen molar-refractivity contribution < 1.29 is 9.53 Å². The summed E-state index contributed by atoms with van der Waals surface area (Å²) in [5.74, 6) is 0.391. The molecule has 0 fully saturated rings. The molecule has 2 aromatic rings. The lowest BCUT2D eigenvalue weighted by Gasteiger charge is -2.09. The predicted octanol–water partition coefficient (Wildman–Crippen LogP) is 2.23. The molecule has 0 spiro atoms. The number of aromatic nitrogens is 1. The number of pyridine rings is 1. The van der Waals surface area contributed by atoms with E-state index in [2.05, 4.69) is 15.5 Å². The van der Waals surface area contributed by atoms with Crippen LogP contribution in [0.15, 0.2) is 47.7 Å². The van der Waals surface area contributed by atoms with Gasteiger partial charge in [-0.25, -0.2) is 5.43 Å². The molecule has 1 heterocycles. The van der Waals surface area contributed by atoms with Gasteiger partial charge in [-0.2, -0.15) is 5.10 Å². The fourth-order valence-electron chi connectivity index (χ4n) is 1.68. The first-order chi connectivity index (χ1) is 10.2. The van der Waals surface area contributed by atoms with Gasteiger partial charge in [0.25, 0.3) is 5.91 Å². The quantitative estimate of drug-likeness (QED) is 0.676. The molecule has 2 rings (SSSR count). The number of rotatable bonds is 5. The zero-order valence-corrected chi connectivity index (χ0v) is 12.0. The van der Waals surface area contributed by atoms with E-state index in [0.717, 1.165) is 11.1 Å². The molecule has 0 bridgehead atoms. The van der Waals surface area contributed by atoms with Gasteiger partial charge >= 0.3 is 0 Å². The summed E-state index contributed by atoms with van der Waals surface area (Å²) in [5.41, 5.74) is 5.23. The largest absolute Gasteiger partial charge is 0.483 e. The lowest BCUT2D eigenvalue weighted by Crippen LogP contribution is -2.24. The summed E-state index contributed by atoms with van der Waals surface area (Å²) >= 11 is 0. The Hall–Kier alpha value is -2.69. The van der Waals surface area contributed by atoms with Crippen LogP contribution in [0.25, 0.3) is 0 Å². The molecule has 0 saturated heterocycles. The van der Waals surface area contributed by atoms with Crippen LogP contribution >= 0.6 is 0 Å². The number of benzene rings is 1. The van der Waals surface area contributed by atoms with Crippen LogP contribution in [0.4, 0.5) is 0 Å². The first kappa shape index (κ1) is 14.7. The molecule has 0 saturated carbocycles. The molecule has 1 aromatic carbocycles. The third kappa shape index (κ3) is 4.42. The molecule has 0 radical (unpaired) electrons. The predicted molar refractivity (Wildman–Crippen MR) is 81.4 cm³/mol. The highest BCUT2D eigenvalue weighted by molar-refractivity contribution is 5.81. The van der Waals surface area contributed by atoms with E-state index in [1.165, 1.54) is 6.21 Å². The monoisotopic (exact) mass is 283 g/mol. The maximum absolute atomic E-state index is 11.6. The fourth-order valence-corrected chi connectivity index (χ4v) is 1.68. The third-order valence-corrected chi connectivity index (χ3v) is 2.99. The van der Waals surface area contributed by atoms with Gasteiger partial charge in [-0.1, -0.05) is 18.2 Å². The number of hydrogen-bond donors (Lipinski definition) is 1. The summed E-state index contributed by atoms with van der Waals surface area (Å²) in [5, 5.41) is 3.83. The number of hydrogen-bond acceptors (Lipinski definition) is 4. The standard InChI is InChI=1S/C16H17N3O2/c1-12-6-5-8-15(13(12)2)21-11-16(20)19-18-10-14-7-3-4-9-17-14/h3-10H,11H2,1-2H3,(H,19,20). The van der Waals surface area contributed by atoms with Crippen molar-refractivity contribution in [2.75, 3.05) is 6.61 Å². The van der Waals surface area contributed by atoms with E-state index in [9.17, 15) is 4.79 Å². The van der Waals surface area contributed by atoms with Gasteiger partial charge in [-0.3, -0.25) is 9.78 Å². The Balaban J connectivity index is 1.83. The molecule has 0 unspecified atom stereocenters. The molecule has 1 N–H and O–H groups in total. The van der Waals surface area contributed by atoms with Crippen molar-refractivity contribution >= 4 is 12.1 Å². The van der Waals surface area contributed by atoms with Gasteiger partial charge in [0.05, 0.1) is 11.9 Å². The number of nitrogens with one attached hydrogen (secondary N) is 1. The maximum atomic E-state index is 11.6. The molecule has 0 aliphatic heterocycles. The van der Waals surface area contributed by atoms with Gasteiger partial charge in [-0.05, 0) is 43.2 Å². The molecule has 0 aliphatic carbocycles. The van der Waals surface area contributed by atoms with Gasteiger partial charge in [0.2, 0.25) is 0 Å². The number of aryl methyl sites for hydroxylation is 1. The van der Waals surface area contributed by atoms with Crippen molar-refractivity contribution in [2.24, 2.45) is 5.10 Å². The molecule has 5 heteroatoms. The zero-order chi connectivity index (χ0) is 15.1. The fraction of sp³-hybridized carbons (Fsp3) is 0.188. The van der Waals surface area contributed by atoms with E-state index < -0.39 is 0 Å². The van der Waals surface area contributed by atoms with Crippen LogP contribution in [-0.4, -0.2) is 23.7 Å². The lowest BCUT2D eigenvalue weighted by molar-refractivity contribution is -0.123. The smallest absolute Gasteiger partial charge is 0.277 e. The molecular formula is C16H17N3O2. The highest BCUT2D eigenvalue weighted by atomic mass is 16.5. The zero-order valence-electron chi connectivity index (χ0n) is 12.0. The van der Waals surface area contributed by atoms with Gasteiger partial charge in [0.1, 0.15) is 5.75 Å². The van der Waals surface area contributed by atoms with Crippen LogP contribution in [0.2, 0.25) is 0 Å². The summed E-state index contributed by atoms with van der Waals surface area (Å²) in [7, 11) is 0. The van der Waals surface area contributed by atoms with E-state index >= 15 is 0 Å². The van der Waals surface area contributed by atoms with Crippen molar-refractivity contribution in [3.05, 3.63) is 59.4 Å². The van der Waals surface area contributed by atoms with Gasteiger partial charge in [0, 0.05) is 6.20 Å². The Kier molecular flexibility index (Phi) is 5.04. The van der Waals surface area contributed by atoms with Crippen LogP contribution < -0.4 is 10.2 Å². The maximum Gasteiger partial charge on any atom is 0.277 e. The highest BCUT2D eigenvalue weighted by Crippen LogP contribution is 2.20. The summed E-state index contributed by atoms with van der Waals surface area (Å²) in [6.07, 6.45) is 3.14. The second-order valence-corrected chi connectivity index (χ2v) is 4.53. The Morgan fingerprint density at radius 2 is 2.14 bits per heavy atom. The summed E-state index contributed by atoms with van der Waals surface area (Å²) < 4.78 is 5.48. The molecule has 1 aromatic heterocycles. The summed E-state index contributed by atoms with van der Waals surface area (Å²) in [4.78, 5) is 15.7. The van der Waals surface area contributed by atoms with Gasteiger partial charge in [-0.15, -0.1) is 0 Å². The van der Waals surface area contributed by atoms with Crippen molar-refractivity contribution in [2.45, 2.75) is 13.8 Å². The Morgan fingerprint density at radius 1 is 1.29 bits per heavy atom. The number of amides is 1. The number of ether oxygens (including phenoxy) is 1. The average Bonchev–Trinajstić information content (AvgIpc) is 2.50. The second kappa shape index (κ2) is 7.19. The van der Waals surface area contributed by atoms with Crippen molar-refractivity contribution in [1.29, 1.82) is 0 Å². The number of carbonyl (C=O) groups excluding carboxylic acids is 1. The van der Waals surface area contributed by atoms with Crippen molar-refractivity contribution in [1.82, 2.24) is 10.4 Å². The normalized spacial score (nSPS) is 10.6. The van der Waals surface area contributed by atoms with E-state index in [1.807, 2.05) is 44.2 Å². The van der Waals surface area contributed by atoms with Gasteiger partial charge < -0.3 is 4.74 Å². The molecule has 0 atom stereocenters. The minimum atomic E-state index is -0.317. The Labute approximate surface area is 123 Å². The highest BCUT2D eigenvalue weighted by Gasteiger charge is 2.05. The van der Waals surface area contributed by atoms with Crippen LogP contribution in [-0.2, 0) is 4.79 Å². The SMILES string of the molecule is Cc1cccc(OCC(=O)NN=Cc2ccccn2)c1C. The molecule has 21 heavy (non-hydrogen) atoms. The topological polar surface area (TPSA) is 63.6 Å². The number of nitrogens with zero attached hydrogens (tertiary/aromatic N) is 2. The molecule has 0 aliphatic rings. The van der Waals surface area contributed by atoms with E-state index in [4.69, 9.17) is 4.74 Å². The van der Waals surface area contributed by atoms with Gasteiger partial charge in [0.15, 0.2) is 6.61 Å². The average molecular weight is 283 g/mol. The first-order valence-electron chi connectivity index (χ1n) is 6.59. The van der Waals surface area contributed by atoms with Crippen molar-refractivity contribution in [3.63, 3.8) is 0 Å². The molecule has 5 nitrogen and oxygen atoms in total. The summed E-state index contributed by atoms with van der Waals surface area (Å²) in [6.45, 7) is 3.88. The molecular weight excluding hydrogens is 266 g/mol. The van der Waals surface area contributed by atoms with Crippen molar-refractivity contribution in [3.8, 4) is 5.75 Å². The minimum absolute atomic E-state index is 0.0795. The van der Waals surface area contributed by atoms with Crippen LogP contribution in [0, 0.1) is 13.8 Å². The Morgan fingerprint density at radius 3 is 2.90 bits per heavy atom. The lowest BCUT2D eigenvalue weighted by atomic mass is 10.1. The Bertz CT molecular complexity index is 639. The van der Waals surface area contributed by atoms with E-state index in [-0.39, 0.29) is 12.5 Å². The second-order valence-electron chi connectivity index (χ2n) is 4.53. The van der Waals surface area contributed by atoms with Crippen LogP contribution in [0.3, 0.4) is 0 Å². The summed E-state index contributed by atoms with van der Waals surface area (Å²) in [6, 6.07) is 11.2.